The Morgan fingerprint density at radius 2 is 1.69 bits per heavy atom. The van der Waals surface area contributed by atoms with E-state index in [9.17, 15) is 14.4 Å². The highest BCUT2D eigenvalue weighted by atomic mass is 16.2. The van der Waals surface area contributed by atoms with Crippen molar-refractivity contribution in [3.63, 3.8) is 0 Å². The number of carbonyl (C=O) groups is 3. The van der Waals surface area contributed by atoms with Crippen molar-refractivity contribution in [1.29, 1.82) is 0 Å². The van der Waals surface area contributed by atoms with Crippen LogP contribution < -0.4 is 10.6 Å². The molecule has 0 spiro atoms. The predicted octanol–water partition coefficient (Wildman–Crippen LogP) is 2.41. The number of rotatable bonds is 5. The Hall–Kier alpha value is -3.15. The molecule has 1 fully saturated rings. The van der Waals surface area contributed by atoms with Gasteiger partial charge < -0.3 is 10.6 Å². The third kappa shape index (κ3) is 3.74. The summed E-state index contributed by atoms with van der Waals surface area (Å²) in [6.07, 6.45) is 0.403. The topological polar surface area (TPSA) is 78.5 Å². The van der Waals surface area contributed by atoms with Crippen LogP contribution in [0.4, 0.5) is 10.5 Å². The molecule has 2 aromatic rings. The minimum Gasteiger partial charge on any atom is -0.325 e. The fraction of sp³-hybridized carbons (Fsp3) is 0.250. The Morgan fingerprint density at radius 3 is 2.35 bits per heavy atom. The summed E-state index contributed by atoms with van der Waals surface area (Å²) in [5, 5.41) is 5.45. The van der Waals surface area contributed by atoms with Gasteiger partial charge in [-0.05, 0) is 30.5 Å². The molecule has 0 radical (unpaired) electrons. The van der Waals surface area contributed by atoms with Gasteiger partial charge >= 0.3 is 6.03 Å². The van der Waals surface area contributed by atoms with Gasteiger partial charge in [-0.25, -0.2) is 4.79 Å². The van der Waals surface area contributed by atoms with Gasteiger partial charge in [-0.2, -0.15) is 0 Å². The van der Waals surface area contributed by atoms with E-state index >= 15 is 0 Å². The van der Waals surface area contributed by atoms with Crippen molar-refractivity contribution in [1.82, 2.24) is 10.2 Å². The number of imide groups is 1. The lowest BCUT2D eigenvalue weighted by atomic mass is 10.1. The van der Waals surface area contributed by atoms with Gasteiger partial charge in [-0.1, -0.05) is 48.5 Å². The predicted molar refractivity (Wildman–Crippen MR) is 98.7 cm³/mol. The SMILES string of the molecule is Cc1cccc(C)c1NC(=O)CN1C(=O)N[C@@H](Cc2ccccc2)C1=O. The van der Waals surface area contributed by atoms with Crippen molar-refractivity contribution in [2.45, 2.75) is 26.3 Å². The lowest BCUT2D eigenvalue weighted by Gasteiger charge is -2.15. The Bertz CT molecular complexity index is 828. The normalized spacial score (nSPS) is 16.5. The second kappa shape index (κ2) is 7.39. The summed E-state index contributed by atoms with van der Waals surface area (Å²) in [6, 6.07) is 14.0. The molecule has 4 amide bonds. The van der Waals surface area contributed by atoms with Crippen molar-refractivity contribution in [3.8, 4) is 0 Å². The van der Waals surface area contributed by atoms with Crippen molar-refractivity contribution in [3.05, 3.63) is 65.2 Å². The van der Waals surface area contributed by atoms with E-state index in [0.29, 0.717) is 12.1 Å². The maximum Gasteiger partial charge on any atom is 0.325 e. The van der Waals surface area contributed by atoms with E-state index < -0.39 is 18.0 Å². The summed E-state index contributed by atoms with van der Waals surface area (Å²) in [4.78, 5) is 37.9. The van der Waals surface area contributed by atoms with Crippen LogP contribution in [0, 0.1) is 13.8 Å². The van der Waals surface area contributed by atoms with E-state index in [2.05, 4.69) is 10.6 Å². The number of hydrogen-bond donors (Lipinski definition) is 2. The molecule has 1 heterocycles. The molecule has 134 valence electrons. The summed E-state index contributed by atoms with van der Waals surface area (Å²) in [5.41, 5.74) is 3.52. The second-order valence-corrected chi connectivity index (χ2v) is 6.43. The molecule has 6 nitrogen and oxygen atoms in total. The van der Waals surface area contributed by atoms with E-state index in [4.69, 9.17) is 0 Å². The van der Waals surface area contributed by atoms with Gasteiger partial charge in [0.25, 0.3) is 5.91 Å². The molecule has 1 saturated heterocycles. The maximum atomic E-state index is 12.5. The highest BCUT2D eigenvalue weighted by molar-refractivity contribution is 6.08. The molecule has 26 heavy (non-hydrogen) atoms. The van der Waals surface area contributed by atoms with Crippen molar-refractivity contribution in [2.75, 3.05) is 11.9 Å². The van der Waals surface area contributed by atoms with Crippen LogP contribution >= 0.6 is 0 Å². The van der Waals surface area contributed by atoms with E-state index in [1.807, 2.05) is 62.4 Å². The molecule has 1 aliphatic heterocycles. The van der Waals surface area contributed by atoms with Gasteiger partial charge in [-0.3, -0.25) is 14.5 Å². The highest BCUT2D eigenvalue weighted by Gasteiger charge is 2.38. The van der Waals surface area contributed by atoms with Gasteiger partial charge in [0.15, 0.2) is 0 Å². The Kier molecular flexibility index (Phi) is 5.02. The van der Waals surface area contributed by atoms with E-state index in [-0.39, 0.29) is 12.5 Å². The maximum absolute atomic E-state index is 12.5. The number of amides is 4. The first kappa shape index (κ1) is 17.7. The van der Waals surface area contributed by atoms with Gasteiger partial charge in [0.1, 0.15) is 12.6 Å². The summed E-state index contributed by atoms with van der Waals surface area (Å²) >= 11 is 0. The largest absolute Gasteiger partial charge is 0.325 e. The average molecular weight is 351 g/mol. The number of urea groups is 1. The number of anilines is 1. The van der Waals surface area contributed by atoms with Crippen LogP contribution in [-0.2, 0) is 16.0 Å². The molecular weight excluding hydrogens is 330 g/mol. The molecule has 0 aliphatic carbocycles. The first-order chi connectivity index (χ1) is 12.5. The zero-order valence-electron chi connectivity index (χ0n) is 14.8. The van der Waals surface area contributed by atoms with Crippen LogP contribution in [0.5, 0.6) is 0 Å². The Labute approximate surface area is 152 Å². The standard InChI is InChI=1S/C20H21N3O3/c1-13-7-6-8-14(2)18(13)22-17(24)12-23-19(25)16(21-20(23)26)11-15-9-4-3-5-10-15/h3-10,16H,11-12H2,1-2H3,(H,21,26)(H,22,24)/t16-/m0/s1. The summed E-state index contributed by atoms with van der Waals surface area (Å²) < 4.78 is 0. The fourth-order valence-corrected chi connectivity index (χ4v) is 3.05. The second-order valence-electron chi connectivity index (χ2n) is 6.43. The number of carbonyl (C=O) groups excluding carboxylic acids is 3. The molecule has 3 rings (SSSR count). The smallest absolute Gasteiger partial charge is 0.325 e. The number of aryl methyl sites for hydroxylation is 2. The Balaban J connectivity index is 1.65. The van der Waals surface area contributed by atoms with Crippen LogP contribution in [0.1, 0.15) is 16.7 Å². The van der Waals surface area contributed by atoms with Crippen LogP contribution in [0.15, 0.2) is 48.5 Å². The molecule has 0 aromatic heterocycles. The van der Waals surface area contributed by atoms with Crippen molar-refractivity contribution >= 4 is 23.5 Å². The third-order valence-corrected chi connectivity index (χ3v) is 4.44. The van der Waals surface area contributed by atoms with Gasteiger partial charge in [0.05, 0.1) is 0 Å². The Morgan fingerprint density at radius 1 is 1.04 bits per heavy atom. The monoisotopic (exact) mass is 351 g/mol. The summed E-state index contributed by atoms with van der Waals surface area (Å²) in [6.45, 7) is 3.49. The lowest BCUT2D eigenvalue weighted by molar-refractivity contribution is -0.130. The van der Waals surface area contributed by atoms with Crippen LogP contribution in [0.25, 0.3) is 0 Å². The molecule has 1 aliphatic rings. The van der Waals surface area contributed by atoms with Crippen LogP contribution in [0.2, 0.25) is 0 Å². The molecule has 0 bridgehead atoms. The molecule has 0 unspecified atom stereocenters. The minimum atomic E-state index is -0.641. The van der Waals surface area contributed by atoms with Crippen molar-refractivity contribution < 1.29 is 14.4 Å². The quantitative estimate of drug-likeness (QED) is 0.812. The van der Waals surface area contributed by atoms with E-state index in [1.54, 1.807) is 0 Å². The molecule has 2 aromatic carbocycles. The lowest BCUT2D eigenvalue weighted by Crippen LogP contribution is -2.38. The molecular formula is C20H21N3O3. The van der Waals surface area contributed by atoms with E-state index in [1.165, 1.54) is 0 Å². The molecule has 0 saturated carbocycles. The third-order valence-electron chi connectivity index (χ3n) is 4.44. The zero-order valence-corrected chi connectivity index (χ0v) is 14.8. The molecule has 6 heteroatoms. The van der Waals surface area contributed by atoms with E-state index in [0.717, 1.165) is 21.6 Å². The number of nitrogens with zero attached hydrogens (tertiary/aromatic N) is 1. The first-order valence-corrected chi connectivity index (χ1v) is 8.47. The number of nitrogens with one attached hydrogen (secondary N) is 2. The summed E-state index contributed by atoms with van der Waals surface area (Å²) in [7, 11) is 0. The van der Waals surface area contributed by atoms with Crippen LogP contribution in [-0.4, -0.2) is 35.3 Å². The highest BCUT2D eigenvalue weighted by Crippen LogP contribution is 2.19. The average Bonchev–Trinajstić information content (AvgIpc) is 2.87. The van der Waals surface area contributed by atoms with Crippen LogP contribution in [0.3, 0.4) is 0 Å². The number of benzene rings is 2. The van der Waals surface area contributed by atoms with Crippen molar-refractivity contribution in [2.24, 2.45) is 0 Å². The molecule has 1 atom stereocenters. The van der Waals surface area contributed by atoms with Gasteiger partial charge in [0.2, 0.25) is 5.91 Å². The van der Waals surface area contributed by atoms with Gasteiger partial charge in [0, 0.05) is 12.1 Å². The first-order valence-electron chi connectivity index (χ1n) is 8.47. The number of para-hydroxylation sites is 1. The molecule has 2 N–H and O–H groups in total. The fourth-order valence-electron chi connectivity index (χ4n) is 3.05. The minimum absolute atomic E-state index is 0.302. The number of hydrogen-bond acceptors (Lipinski definition) is 3. The zero-order chi connectivity index (χ0) is 18.7. The summed E-state index contributed by atoms with van der Waals surface area (Å²) in [5.74, 6) is -0.776. The van der Waals surface area contributed by atoms with Gasteiger partial charge in [-0.15, -0.1) is 0 Å².